The van der Waals surface area contributed by atoms with Crippen LogP contribution in [0.5, 0.6) is 0 Å². The summed E-state index contributed by atoms with van der Waals surface area (Å²) in [5.41, 5.74) is 3.81. The van der Waals surface area contributed by atoms with Crippen molar-refractivity contribution in [2.75, 3.05) is 13.1 Å². The highest BCUT2D eigenvalue weighted by atomic mass is 15.1. The van der Waals surface area contributed by atoms with E-state index in [1.807, 2.05) is 6.33 Å². The van der Waals surface area contributed by atoms with E-state index in [4.69, 9.17) is 0 Å². The SMILES string of the molecule is c1ccc(CN2CCC(CCCn3cnc4ccccc43)CC2)cc1. The van der Waals surface area contributed by atoms with Gasteiger partial charge in [0.25, 0.3) is 0 Å². The highest BCUT2D eigenvalue weighted by Gasteiger charge is 2.18. The lowest BCUT2D eigenvalue weighted by atomic mass is 9.92. The number of nitrogens with zero attached hydrogens (tertiary/aromatic N) is 3. The maximum atomic E-state index is 4.49. The van der Waals surface area contributed by atoms with Crippen LogP contribution < -0.4 is 0 Å². The minimum Gasteiger partial charge on any atom is -0.331 e. The first-order valence-corrected chi connectivity index (χ1v) is 9.54. The molecule has 0 aliphatic carbocycles. The Kier molecular flexibility index (Phi) is 5.12. The molecule has 4 rings (SSSR count). The van der Waals surface area contributed by atoms with E-state index in [2.05, 4.69) is 69.0 Å². The lowest BCUT2D eigenvalue weighted by Gasteiger charge is -2.32. The highest BCUT2D eigenvalue weighted by Crippen LogP contribution is 2.24. The monoisotopic (exact) mass is 333 g/mol. The first-order valence-electron chi connectivity index (χ1n) is 9.54. The van der Waals surface area contributed by atoms with Crippen LogP contribution in [0.3, 0.4) is 0 Å². The number of rotatable bonds is 6. The van der Waals surface area contributed by atoms with Crippen molar-refractivity contribution in [3.8, 4) is 0 Å². The molecule has 1 aliphatic rings. The largest absolute Gasteiger partial charge is 0.331 e. The summed E-state index contributed by atoms with van der Waals surface area (Å²) in [5, 5.41) is 0. The van der Waals surface area contributed by atoms with E-state index in [0.29, 0.717) is 0 Å². The summed E-state index contributed by atoms with van der Waals surface area (Å²) < 4.78 is 2.31. The minimum absolute atomic E-state index is 0.891. The number of fused-ring (bicyclic) bond motifs is 1. The molecule has 2 aromatic carbocycles. The van der Waals surface area contributed by atoms with Crippen LogP contribution in [0.4, 0.5) is 0 Å². The fourth-order valence-corrected chi connectivity index (χ4v) is 4.01. The summed E-state index contributed by atoms with van der Waals surface area (Å²) in [6, 6.07) is 19.3. The first-order chi connectivity index (χ1) is 12.4. The lowest BCUT2D eigenvalue weighted by Crippen LogP contribution is -2.33. The molecule has 130 valence electrons. The van der Waals surface area contributed by atoms with Crippen LogP contribution in [0.25, 0.3) is 11.0 Å². The fourth-order valence-electron chi connectivity index (χ4n) is 4.01. The molecule has 3 heteroatoms. The van der Waals surface area contributed by atoms with E-state index in [1.54, 1.807) is 0 Å². The molecule has 1 aliphatic heterocycles. The first kappa shape index (κ1) is 16.3. The second kappa shape index (κ2) is 7.83. The van der Waals surface area contributed by atoms with Gasteiger partial charge in [0.2, 0.25) is 0 Å². The summed E-state index contributed by atoms with van der Waals surface area (Å²) in [5.74, 6) is 0.891. The van der Waals surface area contributed by atoms with Crippen LogP contribution in [0.15, 0.2) is 60.9 Å². The second-order valence-corrected chi connectivity index (χ2v) is 7.27. The molecule has 2 heterocycles. The summed E-state index contributed by atoms with van der Waals surface area (Å²) >= 11 is 0. The smallest absolute Gasteiger partial charge is 0.0958 e. The Bertz CT molecular complexity index is 785. The Labute approximate surface area is 150 Å². The van der Waals surface area contributed by atoms with Crippen molar-refractivity contribution in [1.82, 2.24) is 14.5 Å². The molecule has 0 bridgehead atoms. The Morgan fingerprint density at radius 2 is 1.68 bits per heavy atom. The van der Waals surface area contributed by atoms with Gasteiger partial charge in [0.05, 0.1) is 17.4 Å². The Morgan fingerprint density at radius 3 is 2.52 bits per heavy atom. The minimum atomic E-state index is 0.891. The van der Waals surface area contributed by atoms with Gasteiger partial charge in [-0.1, -0.05) is 42.5 Å². The Balaban J connectivity index is 1.21. The van der Waals surface area contributed by atoms with Crippen molar-refractivity contribution >= 4 is 11.0 Å². The van der Waals surface area contributed by atoms with Gasteiger partial charge < -0.3 is 4.57 Å². The van der Waals surface area contributed by atoms with Gasteiger partial charge >= 0.3 is 0 Å². The van der Waals surface area contributed by atoms with Gasteiger partial charge in [-0.15, -0.1) is 0 Å². The zero-order chi connectivity index (χ0) is 16.9. The van der Waals surface area contributed by atoms with E-state index in [0.717, 1.165) is 24.5 Å². The van der Waals surface area contributed by atoms with Gasteiger partial charge in [0.15, 0.2) is 0 Å². The number of aryl methyl sites for hydroxylation is 1. The van der Waals surface area contributed by atoms with Crippen LogP contribution in [-0.2, 0) is 13.1 Å². The number of imidazole rings is 1. The Hall–Kier alpha value is -2.13. The molecule has 3 aromatic rings. The van der Waals surface area contributed by atoms with Gasteiger partial charge in [-0.05, 0) is 62.4 Å². The number of aromatic nitrogens is 2. The highest BCUT2D eigenvalue weighted by molar-refractivity contribution is 5.74. The van der Waals surface area contributed by atoms with E-state index in [9.17, 15) is 0 Å². The molecule has 0 saturated carbocycles. The van der Waals surface area contributed by atoms with E-state index in [-0.39, 0.29) is 0 Å². The average molecular weight is 333 g/mol. The number of benzene rings is 2. The molecular formula is C22H27N3. The topological polar surface area (TPSA) is 21.1 Å². The molecule has 1 saturated heterocycles. The van der Waals surface area contributed by atoms with Gasteiger partial charge in [-0.2, -0.15) is 0 Å². The molecule has 3 nitrogen and oxygen atoms in total. The number of para-hydroxylation sites is 2. The zero-order valence-corrected chi connectivity index (χ0v) is 14.8. The average Bonchev–Trinajstić information content (AvgIpc) is 3.07. The summed E-state index contributed by atoms with van der Waals surface area (Å²) in [4.78, 5) is 7.10. The van der Waals surface area contributed by atoms with Crippen LogP contribution in [0, 0.1) is 5.92 Å². The maximum absolute atomic E-state index is 4.49. The van der Waals surface area contributed by atoms with Crippen molar-refractivity contribution < 1.29 is 0 Å². The molecule has 0 spiro atoms. The van der Waals surface area contributed by atoms with E-state index < -0.39 is 0 Å². The molecule has 0 atom stereocenters. The van der Waals surface area contributed by atoms with Crippen molar-refractivity contribution in [3.63, 3.8) is 0 Å². The number of hydrogen-bond acceptors (Lipinski definition) is 2. The zero-order valence-electron chi connectivity index (χ0n) is 14.8. The molecular weight excluding hydrogens is 306 g/mol. The van der Waals surface area contributed by atoms with E-state index >= 15 is 0 Å². The molecule has 1 fully saturated rings. The third-order valence-electron chi connectivity index (χ3n) is 5.49. The summed E-state index contributed by atoms with van der Waals surface area (Å²) in [7, 11) is 0. The van der Waals surface area contributed by atoms with Crippen molar-refractivity contribution in [3.05, 3.63) is 66.5 Å². The van der Waals surface area contributed by atoms with Gasteiger partial charge in [0.1, 0.15) is 0 Å². The van der Waals surface area contributed by atoms with Crippen LogP contribution in [0.1, 0.15) is 31.2 Å². The molecule has 0 radical (unpaired) electrons. The fraction of sp³-hybridized carbons (Fsp3) is 0.409. The summed E-state index contributed by atoms with van der Waals surface area (Å²) in [6.45, 7) is 4.68. The standard InChI is InChI=1S/C22H27N3/c1-2-7-20(8-3-1)17-24-15-12-19(13-16-24)9-6-14-25-18-23-21-10-4-5-11-22(21)25/h1-5,7-8,10-11,18-19H,6,9,12-17H2. The van der Waals surface area contributed by atoms with Crippen molar-refractivity contribution in [2.24, 2.45) is 5.92 Å². The van der Waals surface area contributed by atoms with Crippen LogP contribution in [0.2, 0.25) is 0 Å². The third kappa shape index (κ3) is 4.10. The van der Waals surface area contributed by atoms with Gasteiger partial charge in [0, 0.05) is 13.1 Å². The lowest BCUT2D eigenvalue weighted by molar-refractivity contribution is 0.170. The number of hydrogen-bond donors (Lipinski definition) is 0. The van der Waals surface area contributed by atoms with Crippen LogP contribution in [-0.4, -0.2) is 27.5 Å². The van der Waals surface area contributed by atoms with Crippen LogP contribution >= 0.6 is 0 Å². The molecule has 0 N–H and O–H groups in total. The van der Waals surface area contributed by atoms with Gasteiger partial charge in [-0.25, -0.2) is 4.98 Å². The maximum Gasteiger partial charge on any atom is 0.0958 e. The van der Waals surface area contributed by atoms with Gasteiger partial charge in [-0.3, -0.25) is 4.90 Å². The quantitative estimate of drug-likeness (QED) is 0.650. The second-order valence-electron chi connectivity index (χ2n) is 7.27. The molecule has 0 amide bonds. The predicted octanol–water partition coefficient (Wildman–Crippen LogP) is 4.73. The van der Waals surface area contributed by atoms with E-state index in [1.165, 1.54) is 49.9 Å². The number of piperidine rings is 1. The summed E-state index contributed by atoms with van der Waals surface area (Å²) in [6.07, 6.45) is 7.28. The normalized spacial score (nSPS) is 16.5. The number of likely N-dealkylation sites (tertiary alicyclic amines) is 1. The Morgan fingerprint density at radius 1 is 0.920 bits per heavy atom. The molecule has 1 aromatic heterocycles. The molecule has 25 heavy (non-hydrogen) atoms. The van der Waals surface area contributed by atoms with Crippen molar-refractivity contribution in [2.45, 2.75) is 38.8 Å². The predicted molar refractivity (Wildman–Crippen MR) is 103 cm³/mol. The van der Waals surface area contributed by atoms with Crippen molar-refractivity contribution in [1.29, 1.82) is 0 Å². The molecule has 0 unspecified atom stereocenters. The third-order valence-corrected chi connectivity index (χ3v) is 5.49.